The van der Waals surface area contributed by atoms with E-state index in [1.807, 2.05) is 0 Å². The molecule has 2 aromatic rings. The number of hydrogen-bond donors (Lipinski definition) is 1. The monoisotopic (exact) mass is 386 g/mol. The molecule has 1 aliphatic heterocycles. The number of hydrogen-bond acceptors (Lipinski definition) is 5. The fraction of sp³-hybridized carbons (Fsp3) is 0.500. The summed E-state index contributed by atoms with van der Waals surface area (Å²) in [6.07, 6.45) is 3.93. The maximum Gasteiger partial charge on any atom is 0.214 e. The minimum atomic E-state index is -3.57. The van der Waals surface area contributed by atoms with Crippen molar-refractivity contribution in [1.29, 1.82) is 0 Å². The van der Waals surface area contributed by atoms with E-state index in [0.29, 0.717) is 19.2 Å². The first-order valence-electron chi connectivity index (χ1n) is 8.28. The Morgan fingerprint density at radius 1 is 1.23 bits per heavy atom. The van der Waals surface area contributed by atoms with Crippen LogP contribution in [0.3, 0.4) is 0 Å². The van der Waals surface area contributed by atoms with Crippen LogP contribution < -0.4 is 0 Å². The molecule has 0 aliphatic carbocycles. The van der Waals surface area contributed by atoms with Crippen LogP contribution in [0.4, 0.5) is 8.78 Å². The van der Waals surface area contributed by atoms with Crippen molar-refractivity contribution in [3.63, 3.8) is 0 Å². The molecule has 26 heavy (non-hydrogen) atoms. The van der Waals surface area contributed by atoms with Crippen LogP contribution in [0.2, 0.25) is 0 Å². The molecule has 0 bridgehead atoms. The highest BCUT2D eigenvalue weighted by molar-refractivity contribution is 7.89. The predicted octanol–water partition coefficient (Wildman–Crippen LogP) is 1.26. The zero-order chi connectivity index (χ0) is 18.8. The van der Waals surface area contributed by atoms with E-state index in [0.717, 1.165) is 25.0 Å². The molecular formula is C16H20F2N4O3S. The van der Waals surface area contributed by atoms with Crippen LogP contribution in [0, 0.1) is 11.6 Å². The van der Waals surface area contributed by atoms with E-state index in [-0.39, 0.29) is 24.3 Å². The van der Waals surface area contributed by atoms with Gasteiger partial charge in [-0.1, -0.05) is 6.07 Å². The zero-order valence-corrected chi connectivity index (χ0v) is 14.9. The lowest BCUT2D eigenvalue weighted by Crippen LogP contribution is -2.38. The Morgan fingerprint density at radius 2 is 1.96 bits per heavy atom. The highest BCUT2D eigenvalue weighted by Crippen LogP contribution is 2.31. The van der Waals surface area contributed by atoms with Crippen LogP contribution >= 0.6 is 0 Å². The number of aliphatic hydroxyl groups is 1. The van der Waals surface area contributed by atoms with Gasteiger partial charge in [0.25, 0.3) is 0 Å². The molecular weight excluding hydrogens is 366 g/mol. The van der Waals surface area contributed by atoms with Crippen molar-refractivity contribution < 1.29 is 22.3 Å². The van der Waals surface area contributed by atoms with E-state index >= 15 is 0 Å². The summed E-state index contributed by atoms with van der Waals surface area (Å²) in [6, 6.07) is 2.82. The van der Waals surface area contributed by atoms with Crippen LogP contribution in [0.25, 0.3) is 0 Å². The zero-order valence-electron chi connectivity index (χ0n) is 14.1. The van der Waals surface area contributed by atoms with Gasteiger partial charge in [0.05, 0.1) is 12.3 Å². The first kappa shape index (κ1) is 18.9. The van der Waals surface area contributed by atoms with Crippen LogP contribution in [0.1, 0.15) is 24.8 Å². The molecule has 1 aromatic heterocycles. The molecule has 1 atom stereocenters. The molecule has 10 heteroatoms. The van der Waals surface area contributed by atoms with Crippen LogP contribution in [-0.2, 0) is 22.2 Å². The van der Waals surface area contributed by atoms with Crippen LogP contribution in [0.5, 0.6) is 0 Å². The molecule has 0 saturated carbocycles. The second-order valence-corrected chi connectivity index (χ2v) is 8.51. The molecule has 3 rings (SSSR count). The van der Waals surface area contributed by atoms with Gasteiger partial charge >= 0.3 is 0 Å². The number of halogens is 2. The Bertz CT molecular complexity index is 854. The third-order valence-corrected chi connectivity index (χ3v) is 6.43. The lowest BCUT2D eigenvalue weighted by Gasteiger charge is -2.29. The van der Waals surface area contributed by atoms with Crippen molar-refractivity contribution in [3.8, 4) is 0 Å². The van der Waals surface area contributed by atoms with Gasteiger partial charge in [-0.05, 0) is 25.3 Å². The molecule has 142 valence electrons. The SMILES string of the molecule is O=S(=O)(CC[C@](O)(Cn1cncn1)c1ccc(F)cc1F)N1CCCC1. The largest absolute Gasteiger partial charge is 0.383 e. The molecule has 7 nitrogen and oxygen atoms in total. The summed E-state index contributed by atoms with van der Waals surface area (Å²) < 4.78 is 55.1. The first-order chi connectivity index (χ1) is 12.3. The average Bonchev–Trinajstić information content (AvgIpc) is 3.27. The summed E-state index contributed by atoms with van der Waals surface area (Å²) in [6.45, 7) is 0.703. The molecule has 0 spiro atoms. The van der Waals surface area contributed by atoms with Gasteiger partial charge in [0.2, 0.25) is 10.0 Å². The van der Waals surface area contributed by atoms with Crippen molar-refractivity contribution in [1.82, 2.24) is 19.1 Å². The average molecular weight is 386 g/mol. The van der Waals surface area contributed by atoms with Crippen molar-refractivity contribution >= 4 is 10.0 Å². The summed E-state index contributed by atoms with van der Waals surface area (Å²) in [7, 11) is -3.57. The molecule has 0 radical (unpaired) electrons. The van der Waals surface area contributed by atoms with Crippen molar-refractivity contribution in [3.05, 3.63) is 48.1 Å². The molecule has 1 aliphatic rings. The molecule has 0 amide bonds. The lowest BCUT2D eigenvalue weighted by molar-refractivity contribution is 0.00811. The summed E-state index contributed by atoms with van der Waals surface area (Å²) in [5.74, 6) is -2.07. The van der Waals surface area contributed by atoms with E-state index in [9.17, 15) is 22.3 Å². The summed E-state index contributed by atoms with van der Waals surface area (Å²) in [5.41, 5.74) is -2.05. The minimum Gasteiger partial charge on any atom is -0.383 e. The van der Waals surface area contributed by atoms with Gasteiger partial charge < -0.3 is 5.11 Å². The fourth-order valence-corrected chi connectivity index (χ4v) is 4.81. The minimum absolute atomic E-state index is 0.175. The van der Waals surface area contributed by atoms with Crippen molar-refractivity contribution in [2.24, 2.45) is 0 Å². The Kier molecular flexibility index (Phi) is 5.35. The van der Waals surface area contributed by atoms with E-state index in [4.69, 9.17) is 0 Å². The summed E-state index contributed by atoms with van der Waals surface area (Å²) >= 11 is 0. The molecule has 1 N–H and O–H groups in total. The molecule has 1 saturated heterocycles. The lowest BCUT2D eigenvalue weighted by atomic mass is 9.90. The number of rotatable bonds is 7. The van der Waals surface area contributed by atoms with Gasteiger partial charge in [0.15, 0.2) is 0 Å². The smallest absolute Gasteiger partial charge is 0.214 e. The van der Waals surface area contributed by atoms with Gasteiger partial charge in [-0.25, -0.2) is 31.2 Å². The molecule has 0 unspecified atom stereocenters. The first-order valence-corrected chi connectivity index (χ1v) is 9.89. The number of sulfonamides is 1. The second kappa shape index (κ2) is 7.37. The molecule has 1 fully saturated rings. The van der Waals surface area contributed by atoms with E-state index in [1.54, 1.807) is 0 Å². The highest BCUT2D eigenvalue weighted by Gasteiger charge is 2.36. The Morgan fingerprint density at radius 3 is 2.58 bits per heavy atom. The van der Waals surface area contributed by atoms with E-state index < -0.39 is 27.3 Å². The van der Waals surface area contributed by atoms with Gasteiger partial charge in [0.1, 0.15) is 29.9 Å². The van der Waals surface area contributed by atoms with Gasteiger partial charge in [-0.3, -0.25) is 0 Å². The molecule has 2 heterocycles. The number of benzene rings is 1. The Balaban J connectivity index is 1.87. The maximum atomic E-state index is 14.3. The maximum absolute atomic E-state index is 14.3. The topological polar surface area (TPSA) is 88.3 Å². The van der Waals surface area contributed by atoms with Crippen LogP contribution in [0.15, 0.2) is 30.9 Å². The fourth-order valence-electron chi connectivity index (χ4n) is 3.14. The van der Waals surface area contributed by atoms with Gasteiger partial charge in [-0.15, -0.1) is 0 Å². The molecule has 1 aromatic carbocycles. The van der Waals surface area contributed by atoms with E-state index in [1.165, 1.54) is 21.6 Å². The van der Waals surface area contributed by atoms with E-state index in [2.05, 4.69) is 10.1 Å². The summed E-state index contributed by atoms with van der Waals surface area (Å²) in [4.78, 5) is 3.77. The Hall–Kier alpha value is -1.91. The Labute approximate surface area is 150 Å². The van der Waals surface area contributed by atoms with Gasteiger partial charge in [0, 0.05) is 24.7 Å². The summed E-state index contributed by atoms with van der Waals surface area (Å²) in [5, 5.41) is 15.0. The third kappa shape index (κ3) is 4.08. The normalized spacial score (nSPS) is 18.1. The number of aromatic nitrogens is 3. The van der Waals surface area contributed by atoms with Gasteiger partial charge in [-0.2, -0.15) is 5.10 Å². The predicted molar refractivity (Wildman–Crippen MR) is 89.5 cm³/mol. The van der Waals surface area contributed by atoms with Crippen molar-refractivity contribution in [2.45, 2.75) is 31.4 Å². The van der Waals surface area contributed by atoms with Crippen LogP contribution in [-0.4, -0.2) is 51.4 Å². The highest BCUT2D eigenvalue weighted by atomic mass is 32.2. The van der Waals surface area contributed by atoms with Crippen molar-refractivity contribution in [2.75, 3.05) is 18.8 Å². The quantitative estimate of drug-likeness (QED) is 0.774. The second-order valence-electron chi connectivity index (χ2n) is 6.42. The number of nitrogens with zero attached hydrogens (tertiary/aromatic N) is 4. The third-order valence-electron chi connectivity index (χ3n) is 4.55. The standard InChI is InChI=1S/C16H20F2N4O3S/c17-13-3-4-14(15(18)9-13)16(23,10-21-12-19-11-20-21)5-8-26(24,25)22-6-1-2-7-22/h3-4,9,11-12,23H,1-2,5-8,10H2/t16-/m0/s1.